The first-order valence-corrected chi connectivity index (χ1v) is 9.63. The fraction of sp³-hybridized carbons (Fsp3) is 0.409. The minimum Gasteiger partial charge on any atom is -0.546 e. The molecule has 8 heteroatoms. The summed E-state index contributed by atoms with van der Waals surface area (Å²) < 4.78 is 34.9. The Labute approximate surface area is 181 Å². The molecule has 166 valence electrons. The summed E-state index contributed by atoms with van der Waals surface area (Å²) in [6, 6.07) is 10.3. The van der Waals surface area contributed by atoms with E-state index in [1.54, 1.807) is 0 Å². The maximum Gasteiger partial charge on any atom is 0.298 e. The minimum atomic E-state index is -3.20. The summed E-state index contributed by atoms with van der Waals surface area (Å²) in [6.45, 7) is 3.75. The van der Waals surface area contributed by atoms with Crippen molar-refractivity contribution in [3.8, 4) is 5.75 Å². The molecular formula is C22H28ClF2NO4. The number of quaternary nitrogens is 1. The lowest BCUT2D eigenvalue weighted by Gasteiger charge is -2.27. The number of aliphatic hydroxyl groups is 1. The van der Waals surface area contributed by atoms with Crippen LogP contribution in [0.1, 0.15) is 25.0 Å². The number of carbonyl (C=O) groups excluding carboxylic acids is 1. The smallest absolute Gasteiger partial charge is 0.298 e. The molecule has 0 saturated heterocycles. The SMILES string of the molecule is CC(C)(Oc1ccc(C(F)(F)c2ccc(Cl)cc2)cc1)C(=O)[O-].C[N+](C)(C)CCO. The number of hydrogen-bond donors (Lipinski definition) is 1. The molecule has 0 fully saturated rings. The molecule has 0 spiro atoms. The molecule has 0 aromatic heterocycles. The van der Waals surface area contributed by atoms with Crippen LogP contribution in [0.4, 0.5) is 8.78 Å². The number of rotatable bonds is 7. The highest BCUT2D eigenvalue weighted by atomic mass is 35.5. The van der Waals surface area contributed by atoms with Gasteiger partial charge in [0.05, 0.1) is 33.7 Å². The first-order valence-electron chi connectivity index (χ1n) is 9.25. The highest BCUT2D eigenvalue weighted by Crippen LogP contribution is 2.37. The van der Waals surface area contributed by atoms with E-state index in [1.165, 1.54) is 62.4 Å². The summed E-state index contributed by atoms with van der Waals surface area (Å²) >= 11 is 5.70. The Kier molecular flexibility index (Phi) is 8.77. The van der Waals surface area contributed by atoms with Crippen molar-refractivity contribution in [3.05, 3.63) is 64.7 Å². The Morgan fingerprint density at radius 2 is 1.47 bits per heavy atom. The Bertz CT molecular complexity index is 817. The molecule has 0 aliphatic rings. The quantitative estimate of drug-likeness (QED) is 0.668. The van der Waals surface area contributed by atoms with Crippen molar-refractivity contribution in [1.82, 2.24) is 0 Å². The third kappa shape index (κ3) is 7.89. The topological polar surface area (TPSA) is 69.6 Å². The zero-order valence-corrected chi connectivity index (χ0v) is 18.5. The molecule has 0 radical (unpaired) electrons. The number of likely N-dealkylation sites (N-methyl/N-ethyl adjacent to an activating group) is 1. The van der Waals surface area contributed by atoms with Crippen LogP contribution in [0.2, 0.25) is 5.02 Å². The van der Waals surface area contributed by atoms with Crippen LogP contribution in [-0.2, 0) is 10.7 Å². The molecule has 0 bridgehead atoms. The van der Waals surface area contributed by atoms with Gasteiger partial charge < -0.3 is 24.2 Å². The van der Waals surface area contributed by atoms with Gasteiger partial charge in [-0.2, -0.15) is 8.78 Å². The molecule has 2 rings (SSSR count). The predicted molar refractivity (Wildman–Crippen MR) is 111 cm³/mol. The highest BCUT2D eigenvalue weighted by Gasteiger charge is 2.34. The fourth-order valence-electron chi connectivity index (χ4n) is 2.19. The van der Waals surface area contributed by atoms with Gasteiger partial charge in [0.15, 0.2) is 0 Å². The number of alkyl halides is 2. The maximum atomic E-state index is 14.4. The predicted octanol–water partition coefficient (Wildman–Crippen LogP) is 3.07. The molecule has 0 aliphatic carbocycles. The number of carboxylic acids is 1. The lowest BCUT2D eigenvalue weighted by atomic mass is 10.0. The van der Waals surface area contributed by atoms with Crippen LogP contribution in [0.25, 0.3) is 0 Å². The summed E-state index contributed by atoms with van der Waals surface area (Å²) in [4.78, 5) is 10.9. The summed E-state index contributed by atoms with van der Waals surface area (Å²) in [7, 11) is 6.16. The number of ether oxygens (including phenoxy) is 1. The number of aliphatic hydroxyl groups excluding tert-OH is 1. The first kappa shape index (κ1) is 25.8. The molecule has 0 aliphatic heterocycles. The third-order valence-corrected chi connectivity index (χ3v) is 4.31. The van der Waals surface area contributed by atoms with Gasteiger partial charge in [0.1, 0.15) is 17.9 Å². The van der Waals surface area contributed by atoms with Gasteiger partial charge in [0.2, 0.25) is 0 Å². The van der Waals surface area contributed by atoms with Crippen LogP contribution in [0.3, 0.4) is 0 Å². The second kappa shape index (κ2) is 10.2. The van der Waals surface area contributed by atoms with Crippen LogP contribution < -0.4 is 9.84 Å². The number of hydrogen-bond acceptors (Lipinski definition) is 4. The van der Waals surface area contributed by atoms with E-state index in [2.05, 4.69) is 21.1 Å². The molecule has 0 heterocycles. The van der Waals surface area contributed by atoms with Gasteiger partial charge in [-0.15, -0.1) is 0 Å². The number of carboxylic acid groups (broad SMARTS) is 1. The largest absolute Gasteiger partial charge is 0.546 e. The second-order valence-electron chi connectivity index (χ2n) is 8.24. The molecule has 1 N–H and O–H groups in total. The van der Waals surface area contributed by atoms with Crippen molar-refractivity contribution in [1.29, 1.82) is 0 Å². The van der Waals surface area contributed by atoms with Crippen LogP contribution in [0, 0.1) is 0 Å². The zero-order chi connectivity index (χ0) is 23.2. The van der Waals surface area contributed by atoms with Gasteiger partial charge in [0, 0.05) is 16.1 Å². The standard InChI is InChI=1S/C17H15ClF2O3.C5H14NO/c1-16(2,15(21)22)23-14-9-5-12(6-10-14)17(19,20)11-3-7-13(18)8-4-11;1-6(2,3)4-5-7/h3-10H,1-2H3,(H,21,22);7H,4-5H2,1-3H3/q;+1/p-1. The van der Waals surface area contributed by atoms with Gasteiger partial charge in [-0.05, 0) is 50.2 Å². The maximum absolute atomic E-state index is 14.4. The van der Waals surface area contributed by atoms with Crippen molar-refractivity contribution >= 4 is 17.6 Å². The second-order valence-corrected chi connectivity index (χ2v) is 8.68. The van der Waals surface area contributed by atoms with Gasteiger partial charge in [-0.1, -0.05) is 23.7 Å². The van der Waals surface area contributed by atoms with Gasteiger partial charge in [-0.3, -0.25) is 0 Å². The van der Waals surface area contributed by atoms with E-state index in [1.807, 2.05) is 0 Å². The lowest BCUT2D eigenvalue weighted by Crippen LogP contribution is -2.47. The monoisotopic (exact) mass is 443 g/mol. The van der Waals surface area contributed by atoms with Gasteiger partial charge in [-0.25, -0.2) is 0 Å². The van der Waals surface area contributed by atoms with Crippen LogP contribution in [0.5, 0.6) is 5.75 Å². The van der Waals surface area contributed by atoms with Crippen LogP contribution in [-0.4, -0.2) is 55.5 Å². The molecule has 2 aromatic rings. The van der Waals surface area contributed by atoms with E-state index in [9.17, 15) is 18.7 Å². The Morgan fingerprint density at radius 3 is 1.80 bits per heavy atom. The molecule has 2 aromatic carbocycles. The minimum absolute atomic E-state index is 0.162. The van der Waals surface area contributed by atoms with Crippen LogP contribution >= 0.6 is 11.6 Å². The summed E-state index contributed by atoms with van der Waals surface area (Å²) in [5.41, 5.74) is -1.98. The molecule has 30 heavy (non-hydrogen) atoms. The molecular weight excluding hydrogens is 416 g/mol. The number of carbonyl (C=O) groups is 1. The number of benzene rings is 2. The van der Waals surface area contributed by atoms with E-state index in [-0.39, 0.29) is 23.5 Å². The average molecular weight is 444 g/mol. The Hall–Kier alpha value is -2.22. The molecule has 5 nitrogen and oxygen atoms in total. The van der Waals surface area contributed by atoms with E-state index < -0.39 is 17.5 Å². The first-order chi connectivity index (χ1) is 13.7. The summed E-state index contributed by atoms with van der Waals surface area (Å²) in [6.07, 6.45) is 0. The van der Waals surface area contributed by atoms with Crippen molar-refractivity contribution < 1.29 is 33.0 Å². The van der Waals surface area contributed by atoms with E-state index >= 15 is 0 Å². The molecule has 0 amide bonds. The Morgan fingerprint density at radius 1 is 1.03 bits per heavy atom. The number of halogens is 3. The van der Waals surface area contributed by atoms with E-state index in [4.69, 9.17) is 21.4 Å². The van der Waals surface area contributed by atoms with Crippen molar-refractivity contribution in [3.63, 3.8) is 0 Å². The van der Waals surface area contributed by atoms with Crippen molar-refractivity contribution in [2.75, 3.05) is 34.3 Å². The van der Waals surface area contributed by atoms with Gasteiger partial charge in [0.25, 0.3) is 5.92 Å². The van der Waals surface area contributed by atoms with E-state index in [0.29, 0.717) is 5.02 Å². The highest BCUT2D eigenvalue weighted by molar-refractivity contribution is 6.30. The number of nitrogens with zero attached hydrogens (tertiary/aromatic N) is 1. The number of aliphatic carboxylic acids is 1. The van der Waals surface area contributed by atoms with Crippen molar-refractivity contribution in [2.45, 2.75) is 25.4 Å². The molecule has 0 saturated carbocycles. The molecule has 0 unspecified atom stereocenters. The average Bonchev–Trinajstić information content (AvgIpc) is 2.61. The molecule has 0 atom stereocenters. The fourth-order valence-corrected chi connectivity index (χ4v) is 2.32. The summed E-state index contributed by atoms with van der Waals surface area (Å²) in [5.74, 6) is -4.43. The van der Waals surface area contributed by atoms with Crippen LogP contribution in [0.15, 0.2) is 48.5 Å². The summed E-state index contributed by atoms with van der Waals surface area (Å²) in [5, 5.41) is 19.7. The van der Waals surface area contributed by atoms with Gasteiger partial charge >= 0.3 is 0 Å². The van der Waals surface area contributed by atoms with Crippen molar-refractivity contribution in [2.24, 2.45) is 0 Å². The third-order valence-electron chi connectivity index (χ3n) is 4.06. The van der Waals surface area contributed by atoms with E-state index in [0.717, 1.165) is 11.0 Å². The Balaban J connectivity index is 0.000000553. The lowest BCUT2D eigenvalue weighted by molar-refractivity contribution is -0.870. The zero-order valence-electron chi connectivity index (χ0n) is 17.8. The normalized spacial score (nSPS) is 12.0.